The van der Waals surface area contributed by atoms with Gasteiger partial charge >= 0.3 is 0 Å². The molecule has 2 aromatic carbocycles. The van der Waals surface area contributed by atoms with Crippen molar-refractivity contribution in [3.05, 3.63) is 63.7 Å². The Hall–Kier alpha value is -2.89. The zero-order chi connectivity index (χ0) is 17.1. The molecule has 6 heteroatoms. The van der Waals surface area contributed by atoms with E-state index in [9.17, 15) is 14.9 Å². The van der Waals surface area contributed by atoms with Gasteiger partial charge in [-0.1, -0.05) is 12.1 Å². The third-order valence-electron chi connectivity index (χ3n) is 4.24. The van der Waals surface area contributed by atoms with Crippen molar-refractivity contribution in [3.63, 3.8) is 0 Å². The summed E-state index contributed by atoms with van der Waals surface area (Å²) in [5.74, 6) is -0.269. The number of hydrogen-bond donors (Lipinski definition) is 1. The number of anilines is 2. The van der Waals surface area contributed by atoms with E-state index < -0.39 is 4.92 Å². The van der Waals surface area contributed by atoms with E-state index in [1.807, 2.05) is 18.2 Å². The summed E-state index contributed by atoms with van der Waals surface area (Å²) in [5, 5.41) is 13.7. The van der Waals surface area contributed by atoms with Crippen LogP contribution in [0.25, 0.3) is 0 Å². The number of nitro groups is 1. The summed E-state index contributed by atoms with van der Waals surface area (Å²) < 4.78 is 0. The van der Waals surface area contributed by atoms with Gasteiger partial charge in [0.25, 0.3) is 11.6 Å². The number of nitro benzene ring substituents is 1. The molecule has 24 heavy (non-hydrogen) atoms. The lowest BCUT2D eigenvalue weighted by Crippen LogP contribution is -2.19. The van der Waals surface area contributed by atoms with Crippen LogP contribution in [0.5, 0.6) is 0 Å². The van der Waals surface area contributed by atoms with Crippen molar-refractivity contribution in [1.82, 2.24) is 0 Å². The maximum absolute atomic E-state index is 12.4. The van der Waals surface area contributed by atoms with Crippen LogP contribution in [0.3, 0.4) is 0 Å². The van der Waals surface area contributed by atoms with Crippen molar-refractivity contribution >= 4 is 23.0 Å². The molecule has 0 spiro atoms. The standard InChI is InChI=1S/C18H19N3O3/c1-13-7-8-15(12-17(13)21(23)24)19-18(22)14-5-4-6-16(11-14)20-9-2-3-10-20/h4-8,11-12H,2-3,9-10H2,1H3,(H,19,22). The third kappa shape index (κ3) is 3.37. The number of carbonyl (C=O) groups excluding carboxylic acids is 1. The second-order valence-corrected chi connectivity index (χ2v) is 5.96. The molecule has 0 atom stereocenters. The van der Waals surface area contributed by atoms with Crippen LogP contribution >= 0.6 is 0 Å². The third-order valence-corrected chi connectivity index (χ3v) is 4.24. The molecule has 0 aromatic heterocycles. The molecule has 1 N–H and O–H groups in total. The van der Waals surface area contributed by atoms with Gasteiger partial charge in [0.05, 0.1) is 4.92 Å². The molecule has 1 aliphatic heterocycles. The van der Waals surface area contributed by atoms with Gasteiger partial charge in [0.1, 0.15) is 0 Å². The molecule has 1 amide bonds. The topological polar surface area (TPSA) is 75.5 Å². The van der Waals surface area contributed by atoms with Crippen LogP contribution < -0.4 is 10.2 Å². The minimum Gasteiger partial charge on any atom is -0.372 e. The van der Waals surface area contributed by atoms with Crippen molar-refractivity contribution in [2.75, 3.05) is 23.3 Å². The van der Waals surface area contributed by atoms with E-state index in [0.29, 0.717) is 16.8 Å². The summed E-state index contributed by atoms with van der Waals surface area (Å²) in [6.45, 7) is 3.69. The molecular formula is C18H19N3O3. The minimum atomic E-state index is -0.445. The fourth-order valence-corrected chi connectivity index (χ4v) is 2.91. The van der Waals surface area contributed by atoms with Crippen LogP contribution in [-0.4, -0.2) is 23.9 Å². The predicted octanol–water partition coefficient (Wildman–Crippen LogP) is 3.76. The number of aryl methyl sites for hydroxylation is 1. The van der Waals surface area contributed by atoms with Crippen LogP contribution in [-0.2, 0) is 0 Å². The first-order valence-electron chi connectivity index (χ1n) is 7.96. The van der Waals surface area contributed by atoms with Crippen molar-refractivity contribution in [2.24, 2.45) is 0 Å². The van der Waals surface area contributed by atoms with Crippen LogP contribution in [0.2, 0.25) is 0 Å². The van der Waals surface area contributed by atoms with Crippen LogP contribution in [0.15, 0.2) is 42.5 Å². The molecular weight excluding hydrogens is 306 g/mol. The Morgan fingerprint density at radius 2 is 1.92 bits per heavy atom. The molecule has 0 radical (unpaired) electrons. The van der Waals surface area contributed by atoms with Gasteiger partial charge in [-0.25, -0.2) is 0 Å². The molecule has 1 heterocycles. The zero-order valence-corrected chi connectivity index (χ0v) is 13.5. The molecule has 124 valence electrons. The average molecular weight is 325 g/mol. The highest BCUT2D eigenvalue weighted by Crippen LogP contribution is 2.24. The van der Waals surface area contributed by atoms with E-state index in [1.165, 1.54) is 18.9 Å². The molecule has 1 saturated heterocycles. The maximum atomic E-state index is 12.4. The smallest absolute Gasteiger partial charge is 0.274 e. The van der Waals surface area contributed by atoms with E-state index in [4.69, 9.17) is 0 Å². The van der Waals surface area contributed by atoms with E-state index >= 15 is 0 Å². The highest BCUT2D eigenvalue weighted by Gasteiger charge is 2.16. The predicted molar refractivity (Wildman–Crippen MR) is 93.7 cm³/mol. The molecule has 0 bridgehead atoms. The van der Waals surface area contributed by atoms with Gasteiger partial charge in [0, 0.05) is 41.7 Å². The van der Waals surface area contributed by atoms with Gasteiger partial charge in [0.2, 0.25) is 0 Å². The molecule has 1 aliphatic rings. The molecule has 0 aliphatic carbocycles. The summed E-state index contributed by atoms with van der Waals surface area (Å²) in [6, 6.07) is 12.2. The maximum Gasteiger partial charge on any atom is 0.274 e. The van der Waals surface area contributed by atoms with Crippen molar-refractivity contribution < 1.29 is 9.72 Å². The first-order valence-corrected chi connectivity index (χ1v) is 7.96. The van der Waals surface area contributed by atoms with Gasteiger partial charge in [-0.05, 0) is 44.0 Å². The van der Waals surface area contributed by atoms with Gasteiger partial charge in [-0.3, -0.25) is 14.9 Å². The molecule has 0 saturated carbocycles. The fraction of sp³-hybridized carbons (Fsp3) is 0.278. The van der Waals surface area contributed by atoms with Crippen LogP contribution in [0.4, 0.5) is 17.1 Å². The molecule has 0 unspecified atom stereocenters. The Balaban J connectivity index is 1.79. The van der Waals surface area contributed by atoms with Crippen molar-refractivity contribution in [3.8, 4) is 0 Å². The van der Waals surface area contributed by atoms with Gasteiger partial charge in [-0.15, -0.1) is 0 Å². The average Bonchev–Trinajstić information content (AvgIpc) is 3.11. The van der Waals surface area contributed by atoms with Crippen molar-refractivity contribution in [1.29, 1.82) is 0 Å². The lowest BCUT2D eigenvalue weighted by Gasteiger charge is -2.18. The zero-order valence-electron chi connectivity index (χ0n) is 13.5. The fourth-order valence-electron chi connectivity index (χ4n) is 2.91. The van der Waals surface area contributed by atoms with E-state index in [1.54, 1.807) is 25.1 Å². The Morgan fingerprint density at radius 1 is 1.17 bits per heavy atom. The first kappa shape index (κ1) is 16.0. The highest BCUT2D eigenvalue weighted by molar-refractivity contribution is 6.05. The van der Waals surface area contributed by atoms with Gasteiger partial charge in [-0.2, -0.15) is 0 Å². The number of rotatable bonds is 4. The minimum absolute atomic E-state index is 0.00128. The number of nitrogens with zero attached hydrogens (tertiary/aromatic N) is 2. The number of nitrogens with one attached hydrogen (secondary N) is 1. The summed E-state index contributed by atoms with van der Waals surface area (Å²) >= 11 is 0. The van der Waals surface area contributed by atoms with E-state index in [0.717, 1.165) is 18.8 Å². The molecule has 6 nitrogen and oxygen atoms in total. The van der Waals surface area contributed by atoms with E-state index in [-0.39, 0.29) is 11.6 Å². The largest absolute Gasteiger partial charge is 0.372 e. The number of benzene rings is 2. The van der Waals surface area contributed by atoms with Crippen LogP contribution in [0.1, 0.15) is 28.8 Å². The Kier molecular flexibility index (Phi) is 4.46. The second-order valence-electron chi connectivity index (χ2n) is 5.96. The SMILES string of the molecule is Cc1ccc(NC(=O)c2cccc(N3CCCC3)c2)cc1[N+](=O)[O-]. The summed E-state index contributed by atoms with van der Waals surface area (Å²) in [4.78, 5) is 25.3. The van der Waals surface area contributed by atoms with Crippen molar-refractivity contribution in [2.45, 2.75) is 19.8 Å². The molecule has 3 rings (SSSR count). The number of carbonyl (C=O) groups is 1. The molecule has 1 fully saturated rings. The summed E-state index contributed by atoms with van der Waals surface area (Å²) in [6.07, 6.45) is 2.34. The number of amides is 1. The summed E-state index contributed by atoms with van der Waals surface area (Å²) in [7, 11) is 0. The lowest BCUT2D eigenvalue weighted by molar-refractivity contribution is -0.385. The summed E-state index contributed by atoms with van der Waals surface area (Å²) in [5.41, 5.74) is 2.56. The van der Waals surface area contributed by atoms with Gasteiger partial charge in [0.15, 0.2) is 0 Å². The number of hydrogen-bond acceptors (Lipinski definition) is 4. The first-order chi connectivity index (χ1) is 11.5. The normalized spacial score (nSPS) is 13.8. The Morgan fingerprint density at radius 3 is 2.62 bits per heavy atom. The molecule has 2 aromatic rings. The van der Waals surface area contributed by atoms with E-state index in [2.05, 4.69) is 10.2 Å². The lowest BCUT2D eigenvalue weighted by atomic mass is 10.1. The highest BCUT2D eigenvalue weighted by atomic mass is 16.6. The quantitative estimate of drug-likeness (QED) is 0.686. The Labute approximate surface area is 140 Å². The van der Waals surface area contributed by atoms with Gasteiger partial charge < -0.3 is 10.2 Å². The second kappa shape index (κ2) is 6.70. The Bertz CT molecular complexity index is 783. The monoisotopic (exact) mass is 325 g/mol. The van der Waals surface area contributed by atoms with Crippen LogP contribution in [0, 0.1) is 17.0 Å².